The predicted molar refractivity (Wildman–Crippen MR) is 82.1 cm³/mol. The van der Waals surface area contributed by atoms with E-state index in [1.807, 2.05) is 52.8 Å². The minimum Gasteiger partial charge on any atom is -0.383 e. The lowest BCUT2D eigenvalue weighted by Gasteiger charge is -2.09. The molecule has 0 bridgehead atoms. The molecule has 0 heterocycles. The molecule has 3 nitrogen and oxygen atoms in total. The first-order chi connectivity index (χ1) is 8.77. The van der Waals surface area contributed by atoms with Gasteiger partial charge in [0.2, 0.25) is 0 Å². The first-order valence-corrected chi connectivity index (χ1v) is 6.62. The fourth-order valence-corrected chi connectivity index (χ4v) is 1.24. The van der Waals surface area contributed by atoms with E-state index >= 15 is 0 Å². The fourth-order valence-electron chi connectivity index (χ4n) is 1.24. The minimum absolute atomic E-state index is 0.672. The van der Waals surface area contributed by atoms with Crippen LogP contribution in [0.5, 0.6) is 0 Å². The lowest BCUT2D eigenvalue weighted by molar-refractivity contribution is 0.211. The molecule has 0 atom stereocenters. The number of benzene rings is 1. The smallest absolute Gasteiger partial charge is 0.0635 e. The summed E-state index contributed by atoms with van der Waals surface area (Å²) >= 11 is 0. The average Bonchev–Trinajstić information content (AvgIpc) is 2.44. The Morgan fingerprint density at radius 1 is 1.22 bits per heavy atom. The molecule has 0 unspecified atom stereocenters. The van der Waals surface area contributed by atoms with Gasteiger partial charge in [-0.05, 0) is 18.6 Å². The number of nitrogens with one attached hydrogen (secondary N) is 2. The molecule has 0 saturated carbocycles. The molecule has 0 saturated heterocycles. The molecule has 1 aromatic carbocycles. The average molecular weight is 252 g/mol. The zero-order chi connectivity index (χ0) is 14.4. The third kappa shape index (κ3) is 7.85. The van der Waals surface area contributed by atoms with E-state index in [9.17, 15) is 0 Å². The summed E-state index contributed by atoms with van der Waals surface area (Å²) in [5, 5.41) is 10.5. The van der Waals surface area contributed by atoms with Crippen molar-refractivity contribution in [3.63, 3.8) is 0 Å². The third-order valence-electron chi connectivity index (χ3n) is 1.99. The van der Waals surface area contributed by atoms with Gasteiger partial charge < -0.3 is 15.5 Å². The van der Waals surface area contributed by atoms with E-state index in [2.05, 4.69) is 5.32 Å². The Bertz CT molecular complexity index is 311. The van der Waals surface area contributed by atoms with Crippen molar-refractivity contribution in [3.05, 3.63) is 29.3 Å². The van der Waals surface area contributed by atoms with E-state index in [1.165, 1.54) is 11.8 Å². The third-order valence-corrected chi connectivity index (χ3v) is 1.99. The molecular weight excluding hydrogens is 224 g/mol. The summed E-state index contributed by atoms with van der Waals surface area (Å²) in [6, 6.07) is 5.98. The zero-order valence-corrected chi connectivity index (χ0v) is 12.6. The summed E-state index contributed by atoms with van der Waals surface area (Å²) in [4.78, 5) is 0. The molecule has 18 heavy (non-hydrogen) atoms. The highest BCUT2D eigenvalue weighted by molar-refractivity contribution is 5.85. The number of rotatable bonds is 5. The van der Waals surface area contributed by atoms with Crippen LogP contribution in [0.4, 0.5) is 5.69 Å². The SMILES string of the molecule is CC.CC.COCCNc1cc(C)ccc1C=N. The number of hydrogen-bond acceptors (Lipinski definition) is 3. The Hall–Kier alpha value is -1.35. The first kappa shape index (κ1) is 19.0. The van der Waals surface area contributed by atoms with Crippen LogP contribution < -0.4 is 5.32 Å². The molecule has 3 heteroatoms. The molecule has 0 amide bonds. The van der Waals surface area contributed by atoms with Crippen molar-refractivity contribution in [1.29, 1.82) is 5.41 Å². The fraction of sp³-hybridized carbons (Fsp3) is 0.533. The largest absolute Gasteiger partial charge is 0.383 e. The predicted octanol–water partition coefficient (Wildman–Crippen LogP) is 4.10. The highest BCUT2D eigenvalue weighted by atomic mass is 16.5. The van der Waals surface area contributed by atoms with Gasteiger partial charge in [0, 0.05) is 31.1 Å². The zero-order valence-electron chi connectivity index (χ0n) is 12.6. The standard InChI is InChI=1S/C11H16N2O.2C2H6/c1-9-3-4-10(8-12)11(7-9)13-5-6-14-2;2*1-2/h3-4,7-8,12-13H,5-6H2,1-2H3;2*1-2H3. The van der Waals surface area contributed by atoms with Crippen LogP contribution >= 0.6 is 0 Å². The second kappa shape index (κ2) is 13.7. The summed E-state index contributed by atoms with van der Waals surface area (Å²) in [6.07, 6.45) is 1.36. The van der Waals surface area contributed by atoms with Crippen LogP contribution in [0.1, 0.15) is 38.8 Å². The molecule has 1 rings (SSSR count). The van der Waals surface area contributed by atoms with E-state index in [0.29, 0.717) is 6.61 Å². The quantitative estimate of drug-likeness (QED) is 0.612. The Morgan fingerprint density at radius 3 is 2.33 bits per heavy atom. The van der Waals surface area contributed by atoms with Crippen molar-refractivity contribution in [2.45, 2.75) is 34.6 Å². The van der Waals surface area contributed by atoms with Crippen molar-refractivity contribution in [1.82, 2.24) is 0 Å². The summed E-state index contributed by atoms with van der Waals surface area (Å²) in [6.45, 7) is 11.5. The van der Waals surface area contributed by atoms with E-state index < -0.39 is 0 Å². The molecule has 0 aromatic heterocycles. The van der Waals surface area contributed by atoms with Crippen LogP contribution in [-0.4, -0.2) is 26.5 Å². The number of methoxy groups -OCH3 is 1. The van der Waals surface area contributed by atoms with Gasteiger partial charge in [0.05, 0.1) is 6.61 Å². The Morgan fingerprint density at radius 2 is 1.83 bits per heavy atom. The van der Waals surface area contributed by atoms with E-state index in [1.54, 1.807) is 7.11 Å². The molecule has 1 aromatic rings. The highest BCUT2D eigenvalue weighted by Gasteiger charge is 1.98. The maximum atomic E-state index is 7.24. The highest BCUT2D eigenvalue weighted by Crippen LogP contribution is 2.15. The molecule has 104 valence electrons. The maximum absolute atomic E-state index is 7.24. The summed E-state index contributed by atoms with van der Waals surface area (Å²) in [5.74, 6) is 0. The van der Waals surface area contributed by atoms with E-state index in [-0.39, 0.29) is 0 Å². The maximum Gasteiger partial charge on any atom is 0.0635 e. The summed E-state index contributed by atoms with van der Waals surface area (Å²) < 4.78 is 4.95. The van der Waals surface area contributed by atoms with Gasteiger partial charge in [-0.2, -0.15) is 0 Å². The van der Waals surface area contributed by atoms with Gasteiger partial charge in [-0.1, -0.05) is 39.8 Å². The Labute approximate surface area is 112 Å². The van der Waals surface area contributed by atoms with E-state index in [4.69, 9.17) is 10.1 Å². The summed E-state index contributed by atoms with van der Waals surface area (Å²) in [5.41, 5.74) is 3.10. The van der Waals surface area contributed by atoms with Crippen molar-refractivity contribution < 1.29 is 4.74 Å². The lowest BCUT2D eigenvalue weighted by atomic mass is 10.1. The van der Waals surface area contributed by atoms with Crippen LogP contribution in [0, 0.1) is 12.3 Å². The van der Waals surface area contributed by atoms with Crippen LogP contribution in [0.3, 0.4) is 0 Å². The summed E-state index contributed by atoms with van der Waals surface area (Å²) in [7, 11) is 1.68. The van der Waals surface area contributed by atoms with Gasteiger partial charge >= 0.3 is 0 Å². The molecule has 0 radical (unpaired) electrons. The number of anilines is 1. The van der Waals surface area contributed by atoms with Gasteiger partial charge in [0.25, 0.3) is 0 Å². The van der Waals surface area contributed by atoms with Crippen LogP contribution in [-0.2, 0) is 4.74 Å². The number of aryl methyl sites for hydroxylation is 1. The molecule has 0 fully saturated rings. The Balaban J connectivity index is 0. The monoisotopic (exact) mass is 252 g/mol. The van der Waals surface area contributed by atoms with Crippen molar-refractivity contribution in [2.75, 3.05) is 25.6 Å². The normalized spacial score (nSPS) is 8.33. The molecule has 0 aliphatic rings. The van der Waals surface area contributed by atoms with Crippen molar-refractivity contribution in [2.24, 2.45) is 0 Å². The number of ether oxygens (including phenoxy) is 1. The second-order valence-corrected chi connectivity index (χ2v) is 3.15. The van der Waals surface area contributed by atoms with Gasteiger partial charge in [0.15, 0.2) is 0 Å². The van der Waals surface area contributed by atoms with Gasteiger partial charge in [-0.15, -0.1) is 0 Å². The van der Waals surface area contributed by atoms with Gasteiger partial charge in [0.1, 0.15) is 0 Å². The van der Waals surface area contributed by atoms with Crippen LogP contribution in [0.2, 0.25) is 0 Å². The van der Waals surface area contributed by atoms with Crippen molar-refractivity contribution in [3.8, 4) is 0 Å². The first-order valence-electron chi connectivity index (χ1n) is 6.62. The molecule has 2 N–H and O–H groups in total. The Kier molecular flexibility index (Phi) is 14.5. The lowest BCUT2D eigenvalue weighted by Crippen LogP contribution is -2.09. The molecular formula is C15H28N2O. The molecule has 0 spiro atoms. The van der Waals surface area contributed by atoms with Crippen LogP contribution in [0.15, 0.2) is 18.2 Å². The molecule has 0 aliphatic carbocycles. The van der Waals surface area contributed by atoms with E-state index in [0.717, 1.165) is 17.8 Å². The van der Waals surface area contributed by atoms with Crippen molar-refractivity contribution >= 4 is 11.9 Å². The number of hydrogen-bond donors (Lipinski definition) is 2. The second-order valence-electron chi connectivity index (χ2n) is 3.15. The topological polar surface area (TPSA) is 45.1 Å². The minimum atomic E-state index is 0.672. The van der Waals surface area contributed by atoms with Gasteiger partial charge in [-0.25, -0.2) is 0 Å². The van der Waals surface area contributed by atoms with Gasteiger partial charge in [-0.3, -0.25) is 0 Å². The van der Waals surface area contributed by atoms with Crippen LogP contribution in [0.25, 0.3) is 0 Å². The molecule has 0 aliphatic heterocycles.